The van der Waals surface area contributed by atoms with Crippen molar-refractivity contribution >= 4 is 5.84 Å². The van der Waals surface area contributed by atoms with Crippen LogP contribution in [-0.2, 0) is 0 Å². The molecule has 1 aromatic rings. The molecule has 0 aliphatic heterocycles. The number of rotatable bonds is 3. The van der Waals surface area contributed by atoms with E-state index in [-0.39, 0.29) is 5.84 Å². The van der Waals surface area contributed by atoms with Crippen LogP contribution in [-0.4, -0.2) is 11.9 Å². The number of hydrogen-bond donors (Lipinski definition) is 2. The monoisotopic (exact) mass is 232 g/mol. The molecule has 0 saturated heterocycles. The van der Waals surface area contributed by atoms with Gasteiger partial charge in [-0.1, -0.05) is 0 Å². The summed E-state index contributed by atoms with van der Waals surface area (Å²) in [6, 6.07) is 3.86. The van der Waals surface area contributed by atoms with Gasteiger partial charge in [0.2, 0.25) is 0 Å². The van der Waals surface area contributed by atoms with Crippen molar-refractivity contribution in [3.8, 4) is 5.75 Å². The average molecular weight is 232 g/mol. The maximum atomic E-state index is 7.46. The molecule has 1 aliphatic carbocycles. The molecule has 0 amide bonds. The van der Waals surface area contributed by atoms with Gasteiger partial charge in [-0.05, 0) is 62.8 Å². The van der Waals surface area contributed by atoms with Crippen LogP contribution in [0.25, 0.3) is 0 Å². The van der Waals surface area contributed by atoms with Crippen LogP contribution in [0.1, 0.15) is 42.4 Å². The standard InChI is InChI=1S/C14H20N2O/c1-9-7-11(14(15)16)8-10(2)13(9)17-12-5-3-4-6-12/h7-8,12H,3-6H2,1-2H3,(H3,15,16). The lowest BCUT2D eigenvalue weighted by molar-refractivity contribution is 0.207. The molecule has 0 unspecified atom stereocenters. The first kappa shape index (κ1) is 12.0. The average Bonchev–Trinajstić information content (AvgIpc) is 2.75. The van der Waals surface area contributed by atoms with E-state index < -0.39 is 0 Å². The lowest BCUT2D eigenvalue weighted by atomic mass is 10.0. The van der Waals surface area contributed by atoms with Gasteiger partial charge in [0.25, 0.3) is 0 Å². The van der Waals surface area contributed by atoms with Crippen LogP contribution in [0.15, 0.2) is 12.1 Å². The van der Waals surface area contributed by atoms with E-state index in [9.17, 15) is 0 Å². The van der Waals surface area contributed by atoms with Crippen LogP contribution < -0.4 is 10.5 Å². The lowest BCUT2D eigenvalue weighted by Crippen LogP contribution is -2.15. The van der Waals surface area contributed by atoms with Crippen molar-refractivity contribution < 1.29 is 4.74 Å². The Balaban J connectivity index is 2.24. The fourth-order valence-electron chi connectivity index (χ4n) is 2.46. The molecule has 92 valence electrons. The Kier molecular flexibility index (Phi) is 3.36. The number of nitrogens with two attached hydrogens (primary N) is 1. The summed E-state index contributed by atoms with van der Waals surface area (Å²) < 4.78 is 6.06. The summed E-state index contributed by atoms with van der Waals surface area (Å²) in [5.41, 5.74) is 8.43. The number of amidine groups is 1. The topological polar surface area (TPSA) is 59.1 Å². The highest BCUT2D eigenvalue weighted by atomic mass is 16.5. The minimum absolute atomic E-state index is 0.114. The predicted octanol–water partition coefficient (Wildman–Crippen LogP) is 2.91. The molecule has 0 spiro atoms. The Morgan fingerprint density at radius 3 is 2.24 bits per heavy atom. The van der Waals surface area contributed by atoms with E-state index in [0.717, 1.165) is 35.3 Å². The fourth-order valence-corrected chi connectivity index (χ4v) is 2.46. The second-order valence-corrected chi connectivity index (χ2v) is 4.88. The molecule has 0 heterocycles. The molecular weight excluding hydrogens is 212 g/mol. The quantitative estimate of drug-likeness (QED) is 0.622. The molecule has 3 N–H and O–H groups in total. The first-order valence-electron chi connectivity index (χ1n) is 6.20. The van der Waals surface area contributed by atoms with E-state index in [1.807, 2.05) is 26.0 Å². The number of nitrogens with one attached hydrogen (secondary N) is 1. The van der Waals surface area contributed by atoms with Gasteiger partial charge in [0.1, 0.15) is 11.6 Å². The zero-order valence-corrected chi connectivity index (χ0v) is 10.5. The maximum absolute atomic E-state index is 7.46. The van der Waals surface area contributed by atoms with Gasteiger partial charge in [0.15, 0.2) is 0 Å². The second-order valence-electron chi connectivity index (χ2n) is 4.88. The molecule has 1 saturated carbocycles. The molecule has 0 bridgehead atoms. The smallest absolute Gasteiger partial charge is 0.125 e. The fraction of sp³-hybridized carbons (Fsp3) is 0.500. The Morgan fingerprint density at radius 1 is 1.24 bits per heavy atom. The molecule has 3 nitrogen and oxygen atoms in total. The largest absolute Gasteiger partial charge is 0.490 e. The van der Waals surface area contributed by atoms with E-state index in [1.54, 1.807) is 0 Å². The predicted molar refractivity (Wildman–Crippen MR) is 69.8 cm³/mol. The molecule has 0 radical (unpaired) electrons. The van der Waals surface area contributed by atoms with Crippen LogP contribution in [0.4, 0.5) is 0 Å². The second kappa shape index (κ2) is 4.78. The molecule has 17 heavy (non-hydrogen) atoms. The maximum Gasteiger partial charge on any atom is 0.125 e. The molecule has 1 aromatic carbocycles. The molecule has 0 atom stereocenters. The van der Waals surface area contributed by atoms with E-state index >= 15 is 0 Å². The molecular formula is C14H20N2O. The third-order valence-corrected chi connectivity index (χ3v) is 3.36. The van der Waals surface area contributed by atoms with Gasteiger partial charge in [-0.15, -0.1) is 0 Å². The number of hydrogen-bond acceptors (Lipinski definition) is 2. The number of nitrogen functional groups attached to an aromatic ring is 1. The van der Waals surface area contributed by atoms with Gasteiger partial charge in [0.05, 0.1) is 6.10 Å². The summed E-state index contributed by atoms with van der Waals surface area (Å²) >= 11 is 0. The van der Waals surface area contributed by atoms with Crippen molar-refractivity contribution in [2.24, 2.45) is 5.73 Å². The summed E-state index contributed by atoms with van der Waals surface area (Å²) in [5.74, 6) is 1.09. The van der Waals surface area contributed by atoms with Crippen LogP contribution in [0.2, 0.25) is 0 Å². The first-order valence-corrected chi connectivity index (χ1v) is 6.20. The van der Waals surface area contributed by atoms with Crippen molar-refractivity contribution in [3.63, 3.8) is 0 Å². The number of benzene rings is 1. The highest BCUT2D eigenvalue weighted by Gasteiger charge is 2.18. The van der Waals surface area contributed by atoms with E-state index in [0.29, 0.717) is 6.10 Å². The van der Waals surface area contributed by atoms with E-state index in [4.69, 9.17) is 15.9 Å². The van der Waals surface area contributed by atoms with Crippen molar-refractivity contribution in [2.75, 3.05) is 0 Å². The minimum Gasteiger partial charge on any atom is -0.490 e. The van der Waals surface area contributed by atoms with Crippen molar-refractivity contribution in [3.05, 3.63) is 28.8 Å². The summed E-state index contributed by atoms with van der Waals surface area (Å²) in [5, 5.41) is 7.46. The van der Waals surface area contributed by atoms with Gasteiger partial charge in [-0.25, -0.2) is 0 Å². The van der Waals surface area contributed by atoms with Gasteiger partial charge in [0, 0.05) is 5.56 Å². The summed E-state index contributed by atoms with van der Waals surface area (Å²) in [7, 11) is 0. The van der Waals surface area contributed by atoms with Crippen molar-refractivity contribution in [2.45, 2.75) is 45.6 Å². The van der Waals surface area contributed by atoms with Gasteiger partial charge in [-0.3, -0.25) is 5.41 Å². The van der Waals surface area contributed by atoms with Gasteiger partial charge in [-0.2, -0.15) is 0 Å². The highest BCUT2D eigenvalue weighted by Crippen LogP contribution is 2.30. The lowest BCUT2D eigenvalue weighted by Gasteiger charge is -2.18. The number of ether oxygens (including phenoxy) is 1. The summed E-state index contributed by atoms with van der Waals surface area (Å²) in [6.45, 7) is 4.04. The van der Waals surface area contributed by atoms with Crippen molar-refractivity contribution in [1.82, 2.24) is 0 Å². The normalized spacial score (nSPS) is 16.1. The third-order valence-electron chi connectivity index (χ3n) is 3.36. The molecule has 1 aliphatic rings. The van der Waals surface area contributed by atoms with Crippen LogP contribution in [0, 0.1) is 19.3 Å². The van der Waals surface area contributed by atoms with Crippen molar-refractivity contribution in [1.29, 1.82) is 5.41 Å². The Morgan fingerprint density at radius 2 is 1.76 bits per heavy atom. The van der Waals surface area contributed by atoms with Gasteiger partial charge < -0.3 is 10.5 Å². The zero-order chi connectivity index (χ0) is 12.4. The Labute approximate surface area is 102 Å². The Hall–Kier alpha value is -1.51. The third kappa shape index (κ3) is 2.60. The van der Waals surface area contributed by atoms with Crippen LogP contribution in [0.3, 0.4) is 0 Å². The van der Waals surface area contributed by atoms with Crippen LogP contribution in [0.5, 0.6) is 5.75 Å². The zero-order valence-electron chi connectivity index (χ0n) is 10.5. The molecule has 2 rings (SSSR count). The molecule has 3 heteroatoms. The first-order chi connectivity index (χ1) is 8.08. The van der Waals surface area contributed by atoms with Gasteiger partial charge >= 0.3 is 0 Å². The highest BCUT2D eigenvalue weighted by molar-refractivity contribution is 5.95. The van der Waals surface area contributed by atoms with E-state index in [1.165, 1.54) is 12.8 Å². The summed E-state index contributed by atoms with van der Waals surface area (Å²) in [6.07, 6.45) is 5.24. The van der Waals surface area contributed by atoms with E-state index in [2.05, 4.69) is 0 Å². The van der Waals surface area contributed by atoms with Crippen LogP contribution >= 0.6 is 0 Å². The number of aryl methyl sites for hydroxylation is 2. The SMILES string of the molecule is Cc1cc(C(=N)N)cc(C)c1OC1CCCC1. The minimum atomic E-state index is 0.114. The molecule has 1 fully saturated rings. The molecule has 0 aromatic heterocycles. The summed E-state index contributed by atoms with van der Waals surface area (Å²) in [4.78, 5) is 0. The Bertz CT molecular complexity index is 411.